The van der Waals surface area contributed by atoms with E-state index in [9.17, 15) is 9.59 Å². The van der Waals surface area contributed by atoms with Crippen LogP contribution in [0.1, 0.15) is 45.4 Å². The number of hydrogen-bond acceptors (Lipinski definition) is 3. The van der Waals surface area contributed by atoms with Crippen LogP contribution < -0.4 is 5.32 Å². The van der Waals surface area contributed by atoms with Crippen molar-refractivity contribution >= 4 is 27.9 Å². The summed E-state index contributed by atoms with van der Waals surface area (Å²) in [6, 6.07) is -0.573. The van der Waals surface area contributed by atoms with E-state index in [-0.39, 0.29) is 23.9 Å². The molecule has 0 aromatic carbocycles. The minimum absolute atomic E-state index is 0.00153. The van der Waals surface area contributed by atoms with Crippen LogP contribution in [-0.4, -0.2) is 59.0 Å². The van der Waals surface area contributed by atoms with Gasteiger partial charge < -0.3 is 10.2 Å². The van der Waals surface area contributed by atoms with Crippen LogP contribution in [-0.2, 0) is 9.63 Å². The molecule has 2 saturated heterocycles. The molecule has 3 fully saturated rings. The molecule has 0 radical (unpaired) electrons. The topological polar surface area (TPSA) is 61.9 Å². The van der Waals surface area contributed by atoms with E-state index in [0.29, 0.717) is 36.9 Å². The molecule has 0 aromatic rings. The van der Waals surface area contributed by atoms with Crippen LogP contribution in [0.2, 0.25) is 0 Å². The zero-order valence-electron chi connectivity index (χ0n) is 16.2. The Kier molecular flexibility index (Phi) is 7.20. The Balaban J connectivity index is 1.93. The lowest BCUT2D eigenvalue weighted by Crippen LogP contribution is -2.55. The van der Waals surface area contributed by atoms with Crippen molar-refractivity contribution in [2.75, 3.05) is 25.0 Å². The SMILES string of the molecule is C=CCON1C(=O)N2CC1[C@@H](C)C1CCCCCCC1[C@H]2C(=O)NCCBr. The zero-order valence-corrected chi connectivity index (χ0v) is 17.8. The molecule has 27 heavy (non-hydrogen) atoms. The van der Waals surface area contributed by atoms with Gasteiger partial charge >= 0.3 is 6.03 Å². The molecule has 3 amide bonds. The maximum atomic E-state index is 13.1. The second kappa shape index (κ2) is 9.41. The van der Waals surface area contributed by atoms with Crippen molar-refractivity contribution < 1.29 is 14.4 Å². The fraction of sp³-hybridized carbons (Fsp3) is 0.800. The maximum Gasteiger partial charge on any atom is 0.345 e. The third-order valence-electron chi connectivity index (χ3n) is 6.51. The van der Waals surface area contributed by atoms with Gasteiger partial charge in [-0.3, -0.25) is 9.63 Å². The third kappa shape index (κ3) is 4.19. The van der Waals surface area contributed by atoms with Crippen molar-refractivity contribution in [2.45, 2.75) is 57.5 Å². The van der Waals surface area contributed by atoms with Gasteiger partial charge in [0.15, 0.2) is 0 Å². The molecule has 3 rings (SSSR count). The maximum absolute atomic E-state index is 13.1. The largest absolute Gasteiger partial charge is 0.353 e. The number of amides is 3. The summed E-state index contributed by atoms with van der Waals surface area (Å²) in [6.07, 6.45) is 8.63. The molecule has 2 aliphatic heterocycles. The van der Waals surface area contributed by atoms with Crippen molar-refractivity contribution in [3.8, 4) is 0 Å². The lowest BCUT2D eigenvalue weighted by atomic mass is 9.70. The van der Waals surface area contributed by atoms with E-state index in [1.54, 1.807) is 11.0 Å². The first-order valence-corrected chi connectivity index (χ1v) is 11.4. The molecule has 152 valence electrons. The van der Waals surface area contributed by atoms with Crippen molar-refractivity contribution in [3.05, 3.63) is 12.7 Å². The summed E-state index contributed by atoms with van der Waals surface area (Å²) in [5.74, 6) is 0.951. The lowest BCUT2D eigenvalue weighted by Gasteiger charge is -2.42. The third-order valence-corrected chi connectivity index (χ3v) is 6.91. The molecule has 3 aliphatic rings. The van der Waals surface area contributed by atoms with Crippen molar-refractivity contribution in [3.63, 3.8) is 0 Å². The van der Waals surface area contributed by atoms with E-state index >= 15 is 0 Å². The monoisotopic (exact) mass is 441 g/mol. The van der Waals surface area contributed by atoms with Gasteiger partial charge in [0.1, 0.15) is 6.04 Å². The summed E-state index contributed by atoms with van der Waals surface area (Å²) in [4.78, 5) is 33.7. The normalized spacial score (nSPS) is 33.7. The Morgan fingerprint density at radius 2 is 2.00 bits per heavy atom. The van der Waals surface area contributed by atoms with Crippen LogP contribution in [0.3, 0.4) is 0 Å². The second-order valence-electron chi connectivity index (χ2n) is 8.02. The molecular formula is C20H32BrN3O3. The molecular weight excluding hydrogens is 410 g/mol. The fourth-order valence-corrected chi connectivity index (χ4v) is 5.43. The smallest absolute Gasteiger partial charge is 0.345 e. The average Bonchev–Trinajstić information content (AvgIpc) is 2.90. The molecule has 6 nitrogen and oxygen atoms in total. The van der Waals surface area contributed by atoms with Crippen LogP contribution in [0.5, 0.6) is 0 Å². The molecule has 5 atom stereocenters. The van der Waals surface area contributed by atoms with Crippen LogP contribution >= 0.6 is 15.9 Å². The van der Waals surface area contributed by atoms with Gasteiger partial charge in [0.2, 0.25) is 5.91 Å². The molecule has 2 heterocycles. The zero-order chi connectivity index (χ0) is 19.4. The van der Waals surface area contributed by atoms with Gasteiger partial charge in [-0.25, -0.2) is 4.79 Å². The highest BCUT2D eigenvalue weighted by molar-refractivity contribution is 9.09. The predicted octanol–water partition coefficient (Wildman–Crippen LogP) is 3.33. The number of hydrogen-bond donors (Lipinski definition) is 1. The number of nitrogens with one attached hydrogen (secondary N) is 1. The van der Waals surface area contributed by atoms with Gasteiger partial charge in [-0.1, -0.05) is 54.6 Å². The Labute approximate surface area is 170 Å². The molecule has 1 N–H and O–H groups in total. The van der Waals surface area contributed by atoms with E-state index in [4.69, 9.17) is 4.84 Å². The number of hydroxylamine groups is 2. The summed E-state index contributed by atoms with van der Waals surface area (Å²) in [5, 5.41) is 5.25. The number of urea groups is 1. The van der Waals surface area contributed by atoms with E-state index < -0.39 is 6.04 Å². The first kappa shape index (κ1) is 20.6. The van der Waals surface area contributed by atoms with Crippen molar-refractivity contribution in [2.24, 2.45) is 17.8 Å². The van der Waals surface area contributed by atoms with Crippen LogP contribution in [0.25, 0.3) is 0 Å². The first-order valence-electron chi connectivity index (χ1n) is 10.3. The average molecular weight is 442 g/mol. The highest BCUT2D eigenvalue weighted by Crippen LogP contribution is 2.44. The summed E-state index contributed by atoms with van der Waals surface area (Å²) in [7, 11) is 0. The van der Waals surface area contributed by atoms with E-state index in [2.05, 4.69) is 34.7 Å². The van der Waals surface area contributed by atoms with Gasteiger partial charge in [-0.05, 0) is 30.6 Å². The van der Waals surface area contributed by atoms with Crippen LogP contribution in [0, 0.1) is 17.8 Å². The summed E-state index contributed by atoms with van der Waals surface area (Å²) in [6.45, 7) is 7.37. The van der Waals surface area contributed by atoms with Crippen molar-refractivity contribution in [1.29, 1.82) is 0 Å². The lowest BCUT2D eigenvalue weighted by molar-refractivity contribution is -0.142. The fourth-order valence-electron chi connectivity index (χ4n) is 5.23. The molecule has 0 aromatic heterocycles. The summed E-state index contributed by atoms with van der Waals surface area (Å²) >= 11 is 3.38. The highest BCUT2D eigenvalue weighted by Gasteiger charge is 2.54. The molecule has 0 spiro atoms. The van der Waals surface area contributed by atoms with Gasteiger partial charge in [0.25, 0.3) is 0 Å². The van der Waals surface area contributed by atoms with E-state index in [1.165, 1.54) is 24.3 Å². The molecule has 1 aliphatic carbocycles. The number of halogens is 1. The standard InChI is InChI=1S/C20H32BrN3O3/c1-3-12-27-24-17-13-23(20(24)26)18(19(25)22-11-10-21)16-9-7-5-4-6-8-15(16)14(17)2/h3,14-18H,1,4-13H2,2H3,(H,22,25)/t14-,15?,16?,17?,18-/m0/s1. The molecule has 3 unspecified atom stereocenters. The Morgan fingerprint density at radius 1 is 1.30 bits per heavy atom. The minimum Gasteiger partial charge on any atom is -0.353 e. The Bertz CT molecular complexity index is 559. The molecule has 1 saturated carbocycles. The van der Waals surface area contributed by atoms with Gasteiger partial charge in [-0.15, -0.1) is 6.58 Å². The minimum atomic E-state index is -0.399. The Morgan fingerprint density at radius 3 is 2.67 bits per heavy atom. The van der Waals surface area contributed by atoms with E-state index in [0.717, 1.165) is 19.3 Å². The predicted molar refractivity (Wildman–Crippen MR) is 108 cm³/mol. The van der Waals surface area contributed by atoms with Crippen molar-refractivity contribution in [1.82, 2.24) is 15.3 Å². The number of carbonyl (C=O) groups excluding carboxylic acids is 2. The molecule has 2 bridgehead atoms. The second-order valence-corrected chi connectivity index (χ2v) is 8.81. The number of alkyl halides is 1. The summed E-state index contributed by atoms with van der Waals surface area (Å²) < 4.78 is 0. The first-order chi connectivity index (χ1) is 13.1. The van der Waals surface area contributed by atoms with Gasteiger partial charge in [-0.2, -0.15) is 5.06 Å². The van der Waals surface area contributed by atoms with Crippen LogP contribution in [0.15, 0.2) is 12.7 Å². The number of nitrogens with zero attached hydrogens (tertiary/aromatic N) is 2. The van der Waals surface area contributed by atoms with Gasteiger partial charge in [0, 0.05) is 18.4 Å². The summed E-state index contributed by atoms with van der Waals surface area (Å²) in [5.41, 5.74) is 0. The van der Waals surface area contributed by atoms with Gasteiger partial charge in [0.05, 0.1) is 12.6 Å². The Hall–Kier alpha value is -1.08. The number of carbonyl (C=O) groups is 2. The number of rotatable bonds is 6. The molecule has 7 heteroatoms. The van der Waals surface area contributed by atoms with Crippen LogP contribution in [0.4, 0.5) is 4.79 Å². The number of fused-ring (bicyclic) bond motifs is 3. The highest BCUT2D eigenvalue weighted by atomic mass is 79.9. The quantitative estimate of drug-likeness (QED) is 0.507. The van der Waals surface area contributed by atoms with E-state index in [1.807, 2.05) is 0 Å².